The van der Waals surface area contributed by atoms with Crippen molar-refractivity contribution in [3.05, 3.63) is 99.5 Å². The van der Waals surface area contributed by atoms with Crippen LogP contribution in [-0.4, -0.2) is 59.1 Å². The van der Waals surface area contributed by atoms with Crippen molar-refractivity contribution in [3.8, 4) is 5.75 Å². The zero-order valence-electron chi connectivity index (χ0n) is 23.5. The highest BCUT2D eigenvalue weighted by Crippen LogP contribution is 2.42. The Balaban J connectivity index is 0.000000541. The minimum atomic E-state index is -5.08. The van der Waals surface area contributed by atoms with Gasteiger partial charge >= 0.3 is 12.1 Å². The van der Waals surface area contributed by atoms with E-state index in [2.05, 4.69) is 35.2 Å². The predicted octanol–water partition coefficient (Wildman–Crippen LogP) is 7.72. The zero-order chi connectivity index (χ0) is 31.0. The van der Waals surface area contributed by atoms with Gasteiger partial charge in [-0.25, -0.2) is 4.79 Å². The van der Waals surface area contributed by atoms with Crippen molar-refractivity contribution >= 4 is 35.1 Å². The molecule has 0 atom stereocenters. The van der Waals surface area contributed by atoms with Crippen molar-refractivity contribution in [1.82, 2.24) is 9.80 Å². The third-order valence-corrected chi connectivity index (χ3v) is 8.88. The molecule has 1 N–H and O–H groups in total. The van der Waals surface area contributed by atoms with Gasteiger partial charge in [-0.15, -0.1) is 0 Å². The number of rotatable bonds is 6. The van der Waals surface area contributed by atoms with Crippen LogP contribution in [0.3, 0.4) is 0 Å². The number of carbonyl (C=O) groups is 2. The Bertz CT molecular complexity index is 1390. The number of aliphatic carboxylic acids is 1. The summed E-state index contributed by atoms with van der Waals surface area (Å²) in [5.41, 5.74) is 3.25. The van der Waals surface area contributed by atoms with Gasteiger partial charge in [0.1, 0.15) is 12.4 Å². The molecule has 0 unspecified atom stereocenters. The molecule has 230 valence electrons. The molecule has 6 nitrogen and oxygen atoms in total. The summed E-state index contributed by atoms with van der Waals surface area (Å²) in [6.07, 6.45) is -0.664. The summed E-state index contributed by atoms with van der Waals surface area (Å²) >= 11 is 12.4. The maximum absolute atomic E-state index is 13.0. The lowest BCUT2D eigenvalue weighted by Gasteiger charge is -2.47. The Morgan fingerprint density at radius 3 is 2.05 bits per heavy atom. The van der Waals surface area contributed by atoms with Gasteiger partial charge in [0.05, 0.1) is 15.6 Å². The molecule has 0 aliphatic carbocycles. The molecule has 5 rings (SSSR count). The van der Waals surface area contributed by atoms with E-state index in [1.807, 2.05) is 29.2 Å². The van der Waals surface area contributed by atoms with Crippen LogP contribution >= 0.6 is 23.2 Å². The molecule has 2 saturated heterocycles. The van der Waals surface area contributed by atoms with Crippen LogP contribution in [0.25, 0.3) is 0 Å². The van der Waals surface area contributed by atoms with Crippen molar-refractivity contribution in [2.45, 2.75) is 45.0 Å². The Labute approximate surface area is 259 Å². The molecule has 0 radical (unpaired) electrons. The van der Waals surface area contributed by atoms with Crippen LogP contribution in [0, 0.1) is 5.41 Å². The molecule has 0 aromatic heterocycles. The molecule has 0 bridgehead atoms. The highest BCUT2D eigenvalue weighted by Gasteiger charge is 2.39. The Kier molecular flexibility index (Phi) is 11.0. The van der Waals surface area contributed by atoms with E-state index in [0.29, 0.717) is 27.6 Å². The number of hydrogen-bond acceptors (Lipinski definition) is 4. The van der Waals surface area contributed by atoms with Crippen LogP contribution in [0.15, 0.2) is 72.8 Å². The maximum atomic E-state index is 13.0. The monoisotopic (exact) mass is 636 g/mol. The van der Waals surface area contributed by atoms with Gasteiger partial charge in [-0.2, -0.15) is 13.2 Å². The Morgan fingerprint density at radius 2 is 1.42 bits per heavy atom. The van der Waals surface area contributed by atoms with E-state index < -0.39 is 12.1 Å². The minimum absolute atomic E-state index is 0.0121. The quantitative estimate of drug-likeness (QED) is 0.300. The number of nitrogens with zero attached hydrogens (tertiary/aromatic N) is 2. The summed E-state index contributed by atoms with van der Waals surface area (Å²) in [6.45, 7) is 5.17. The number of amides is 1. The summed E-state index contributed by atoms with van der Waals surface area (Å²) < 4.78 is 37.9. The largest absolute Gasteiger partial charge is 0.490 e. The third-order valence-electron chi connectivity index (χ3n) is 8.06. The smallest absolute Gasteiger partial charge is 0.489 e. The molecule has 1 spiro atoms. The second-order valence-corrected chi connectivity index (χ2v) is 11.6. The summed E-state index contributed by atoms with van der Waals surface area (Å²) in [6, 6.07) is 23.9. The number of alkyl halides is 3. The molecule has 43 heavy (non-hydrogen) atoms. The number of para-hydroxylation sites is 1. The SMILES string of the molecule is O=C(O)C(F)(F)F.O=C(c1cccc(Cl)c1Cl)N1CCC2(CCN(Cc3ccccc3OCc3ccccc3)CC2)CC1. The van der Waals surface area contributed by atoms with Gasteiger partial charge in [0.25, 0.3) is 5.91 Å². The molecule has 3 aromatic carbocycles. The lowest BCUT2D eigenvalue weighted by Crippen LogP contribution is -2.48. The van der Waals surface area contributed by atoms with Crippen LogP contribution in [0.5, 0.6) is 5.75 Å². The summed E-state index contributed by atoms with van der Waals surface area (Å²) in [7, 11) is 0. The van der Waals surface area contributed by atoms with Crippen LogP contribution < -0.4 is 4.74 Å². The molecular weight excluding hydrogens is 604 g/mol. The Morgan fingerprint density at radius 1 is 0.837 bits per heavy atom. The van der Waals surface area contributed by atoms with Gasteiger partial charge in [-0.3, -0.25) is 9.69 Å². The molecule has 2 fully saturated rings. The van der Waals surface area contributed by atoms with Gasteiger partial charge in [-0.05, 0) is 68.0 Å². The van der Waals surface area contributed by atoms with Gasteiger partial charge in [0.15, 0.2) is 0 Å². The summed E-state index contributed by atoms with van der Waals surface area (Å²) in [5.74, 6) is -1.80. The number of ether oxygens (including phenoxy) is 1. The lowest BCUT2D eigenvalue weighted by molar-refractivity contribution is -0.192. The molecule has 2 aliphatic heterocycles. The van der Waals surface area contributed by atoms with E-state index in [0.717, 1.165) is 51.3 Å². The average molecular weight is 638 g/mol. The van der Waals surface area contributed by atoms with E-state index in [-0.39, 0.29) is 5.91 Å². The maximum Gasteiger partial charge on any atom is 0.490 e. The molecule has 2 heterocycles. The molecule has 3 aromatic rings. The van der Waals surface area contributed by atoms with Crippen LogP contribution in [-0.2, 0) is 17.9 Å². The first-order valence-electron chi connectivity index (χ1n) is 14.0. The predicted molar refractivity (Wildman–Crippen MR) is 159 cm³/mol. The fraction of sp³-hybridized carbons (Fsp3) is 0.375. The average Bonchev–Trinajstić information content (AvgIpc) is 3.00. The van der Waals surface area contributed by atoms with E-state index in [9.17, 15) is 18.0 Å². The second kappa shape index (κ2) is 14.5. The molecule has 2 aliphatic rings. The normalized spacial score (nSPS) is 16.7. The van der Waals surface area contributed by atoms with Crippen LogP contribution in [0.2, 0.25) is 10.0 Å². The fourth-order valence-corrected chi connectivity index (χ4v) is 5.84. The van der Waals surface area contributed by atoms with Gasteiger partial charge in [-0.1, -0.05) is 77.8 Å². The number of carboxylic acid groups (broad SMARTS) is 1. The fourth-order valence-electron chi connectivity index (χ4n) is 5.46. The summed E-state index contributed by atoms with van der Waals surface area (Å²) in [5, 5.41) is 7.90. The number of hydrogen-bond donors (Lipinski definition) is 1. The molecular formula is C32H33Cl2F3N2O4. The molecule has 11 heteroatoms. The first kappa shape index (κ1) is 32.6. The van der Waals surface area contributed by atoms with E-state index >= 15 is 0 Å². The van der Waals surface area contributed by atoms with E-state index in [4.69, 9.17) is 37.8 Å². The third kappa shape index (κ3) is 8.87. The highest BCUT2D eigenvalue weighted by atomic mass is 35.5. The topological polar surface area (TPSA) is 70.1 Å². The van der Waals surface area contributed by atoms with Gasteiger partial charge in [0, 0.05) is 25.2 Å². The van der Waals surface area contributed by atoms with Crippen molar-refractivity contribution in [2.24, 2.45) is 5.41 Å². The number of carbonyl (C=O) groups excluding carboxylic acids is 1. The number of piperidine rings is 2. The highest BCUT2D eigenvalue weighted by molar-refractivity contribution is 6.43. The number of halogens is 5. The first-order chi connectivity index (χ1) is 20.5. The Hall–Kier alpha value is -3.27. The van der Waals surface area contributed by atoms with Crippen molar-refractivity contribution in [3.63, 3.8) is 0 Å². The van der Waals surface area contributed by atoms with Crippen molar-refractivity contribution in [1.29, 1.82) is 0 Å². The number of benzene rings is 3. The van der Waals surface area contributed by atoms with E-state index in [1.54, 1.807) is 18.2 Å². The van der Waals surface area contributed by atoms with Crippen molar-refractivity contribution < 1.29 is 32.6 Å². The standard InChI is InChI=1S/C30H32Cl2N2O2.C2HF3O2/c31-26-11-6-10-25(28(26)32)29(35)34-19-15-30(16-20-34)13-17-33(18-14-30)21-24-9-4-5-12-27(24)36-22-23-7-2-1-3-8-23;3-2(4,5)1(6)7/h1-12H,13-22H2;(H,6,7). The van der Waals surface area contributed by atoms with Crippen LogP contribution in [0.1, 0.15) is 47.2 Å². The summed E-state index contributed by atoms with van der Waals surface area (Å²) in [4.78, 5) is 26.4. The van der Waals surface area contributed by atoms with Gasteiger partial charge < -0.3 is 14.7 Å². The molecule has 1 amide bonds. The van der Waals surface area contributed by atoms with Crippen molar-refractivity contribution in [2.75, 3.05) is 26.2 Å². The second-order valence-electron chi connectivity index (χ2n) is 10.9. The zero-order valence-corrected chi connectivity index (χ0v) is 25.0. The van der Waals surface area contributed by atoms with Gasteiger partial charge in [0.2, 0.25) is 0 Å². The molecule has 0 saturated carbocycles. The van der Waals surface area contributed by atoms with Crippen LogP contribution in [0.4, 0.5) is 13.2 Å². The number of likely N-dealkylation sites (tertiary alicyclic amines) is 2. The van der Waals surface area contributed by atoms with E-state index in [1.165, 1.54) is 24.0 Å². The number of carboxylic acids is 1. The minimum Gasteiger partial charge on any atom is -0.489 e. The lowest BCUT2D eigenvalue weighted by atomic mass is 9.71. The first-order valence-corrected chi connectivity index (χ1v) is 14.7.